The van der Waals surface area contributed by atoms with Gasteiger partial charge in [0.1, 0.15) is 18.8 Å². The fraction of sp³-hybridized carbons (Fsp3) is 1.00. The summed E-state index contributed by atoms with van der Waals surface area (Å²) in [4.78, 5) is 0. The Morgan fingerprint density at radius 2 is 1.47 bits per heavy atom. The minimum Gasteiger partial charge on any atom is -0.376 e. The first-order valence-electron chi connectivity index (χ1n) is 6.17. The molecule has 0 aromatic heterocycles. The second kappa shape index (κ2) is 3.90. The molecule has 0 aromatic carbocycles. The first kappa shape index (κ1) is 11.9. The predicted molar refractivity (Wildman–Crippen MR) is 58.4 cm³/mol. The fourth-order valence-corrected chi connectivity index (χ4v) is 3.27. The highest BCUT2D eigenvalue weighted by Crippen LogP contribution is 2.51. The molecule has 0 spiro atoms. The highest BCUT2D eigenvalue weighted by molar-refractivity contribution is 5.08. The topological polar surface area (TPSA) is 46.2 Å². The maximum Gasteiger partial charge on any atom is 0.308 e. The van der Waals surface area contributed by atoms with E-state index in [0.29, 0.717) is 11.8 Å². The number of hydrogen-bond acceptors (Lipinski definition) is 5. The summed E-state index contributed by atoms with van der Waals surface area (Å²) in [5, 5.41) is 0. The SMILES string of the molecule is COCC1(OC)OC2C3OC(C(C)C3C)C2O1. The Labute approximate surface area is 101 Å². The van der Waals surface area contributed by atoms with Gasteiger partial charge in [-0.3, -0.25) is 0 Å². The summed E-state index contributed by atoms with van der Waals surface area (Å²) in [5.41, 5.74) is 0. The van der Waals surface area contributed by atoms with Crippen LogP contribution in [0.3, 0.4) is 0 Å². The molecule has 0 radical (unpaired) electrons. The zero-order valence-electron chi connectivity index (χ0n) is 10.7. The fourth-order valence-electron chi connectivity index (χ4n) is 3.27. The van der Waals surface area contributed by atoms with Crippen molar-refractivity contribution in [2.75, 3.05) is 20.8 Å². The van der Waals surface area contributed by atoms with E-state index in [1.165, 1.54) is 0 Å². The van der Waals surface area contributed by atoms with Gasteiger partial charge < -0.3 is 23.7 Å². The van der Waals surface area contributed by atoms with E-state index in [1.807, 2.05) is 0 Å². The van der Waals surface area contributed by atoms with Gasteiger partial charge in [0.2, 0.25) is 0 Å². The first-order chi connectivity index (χ1) is 8.12. The molecule has 3 aliphatic heterocycles. The number of methoxy groups -OCH3 is 2. The van der Waals surface area contributed by atoms with Crippen molar-refractivity contribution >= 4 is 0 Å². The summed E-state index contributed by atoms with van der Waals surface area (Å²) in [6, 6.07) is 0. The molecule has 2 bridgehead atoms. The standard InChI is InChI=1S/C12H20O5/c1-6-7(2)9-11-10(8(6)15-9)16-12(14-4,17-11)5-13-3/h6-11H,5H2,1-4H3. The Morgan fingerprint density at radius 1 is 0.941 bits per heavy atom. The molecule has 3 heterocycles. The summed E-state index contributed by atoms with van der Waals surface area (Å²) in [6.07, 6.45) is 0.186. The van der Waals surface area contributed by atoms with Gasteiger partial charge in [-0.25, -0.2) is 0 Å². The number of rotatable bonds is 3. The van der Waals surface area contributed by atoms with Crippen LogP contribution < -0.4 is 0 Å². The van der Waals surface area contributed by atoms with E-state index in [4.69, 9.17) is 23.7 Å². The summed E-state index contributed by atoms with van der Waals surface area (Å²) >= 11 is 0. The molecule has 0 amide bonds. The second-order valence-electron chi connectivity index (χ2n) is 5.27. The van der Waals surface area contributed by atoms with Crippen molar-refractivity contribution < 1.29 is 23.7 Å². The maximum absolute atomic E-state index is 5.93. The number of fused-ring (bicyclic) bond motifs is 5. The van der Waals surface area contributed by atoms with Gasteiger partial charge in [-0.1, -0.05) is 13.8 Å². The Hall–Kier alpha value is -0.200. The quantitative estimate of drug-likeness (QED) is 0.734. The lowest BCUT2D eigenvalue weighted by Crippen LogP contribution is -2.42. The number of ether oxygens (including phenoxy) is 5. The van der Waals surface area contributed by atoms with Gasteiger partial charge in [0.25, 0.3) is 0 Å². The molecule has 0 aliphatic carbocycles. The Kier molecular flexibility index (Phi) is 2.72. The Bertz CT molecular complexity index is 285. The second-order valence-corrected chi connectivity index (χ2v) is 5.27. The minimum atomic E-state index is -1.05. The molecule has 0 aromatic rings. The highest BCUT2D eigenvalue weighted by Gasteiger charge is 2.65. The average Bonchev–Trinajstić information content (AvgIpc) is 2.91. The molecule has 6 unspecified atom stereocenters. The van der Waals surface area contributed by atoms with Gasteiger partial charge in [0.05, 0.1) is 12.2 Å². The van der Waals surface area contributed by atoms with Crippen LogP contribution in [0.25, 0.3) is 0 Å². The summed E-state index contributed by atoms with van der Waals surface area (Å²) in [5.74, 6) is -0.0474. The minimum absolute atomic E-state index is 0.0266. The van der Waals surface area contributed by atoms with Crippen molar-refractivity contribution in [2.45, 2.75) is 44.2 Å². The molecule has 5 heteroatoms. The van der Waals surface area contributed by atoms with Crippen molar-refractivity contribution in [3.05, 3.63) is 0 Å². The molecule has 3 rings (SSSR count). The van der Waals surface area contributed by atoms with Crippen molar-refractivity contribution in [2.24, 2.45) is 11.8 Å². The zero-order valence-corrected chi connectivity index (χ0v) is 10.7. The molecular weight excluding hydrogens is 224 g/mol. The van der Waals surface area contributed by atoms with Gasteiger partial charge >= 0.3 is 5.97 Å². The van der Waals surface area contributed by atoms with Crippen LogP contribution in [0.1, 0.15) is 13.8 Å². The zero-order chi connectivity index (χ0) is 12.2. The third kappa shape index (κ3) is 1.50. The largest absolute Gasteiger partial charge is 0.376 e. The molecule has 0 N–H and O–H groups in total. The molecular formula is C12H20O5. The molecule has 98 valence electrons. The Balaban J connectivity index is 1.81. The van der Waals surface area contributed by atoms with E-state index in [2.05, 4.69) is 13.8 Å². The van der Waals surface area contributed by atoms with E-state index in [0.717, 1.165) is 0 Å². The van der Waals surface area contributed by atoms with E-state index < -0.39 is 5.97 Å². The lowest BCUT2D eigenvalue weighted by Gasteiger charge is -2.27. The van der Waals surface area contributed by atoms with Crippen molar-refractivity contribution in [1.29, 1.82) is 0 Å². The molecule has 5 nitrogen and oxygen atoms in total. The lowest BCUT2D eigenvalue weighted by atomic mass is 9.79. The lowest BCUT2D eigenvalue weighted by molar-refractivity contribution is -0.356. The summed E-state index contributed by atoms with van der Waals surface area (Å²) in [6.45, 7) is 4.69. The molecule has 3 fully saturated rings. The Morgan fingerprint density at radius 3 is 1.88 bits per heavy atom. The van der Waals surface area contributed by atoms with E-state index >= 15 is 0 Å². The van der Waals surface area contributed by atoms with Gasteiger partial charge in [-0.05, 0) is 11.8 Å². The van der Waals surface area contributed by atoms with Gasteiger partial charge in [-0.15, -0.1) is 0 Å². The van der Waals surface area contributed by atoms with Crippen LogP contribution in [-0.4, -0.2) is 51.2 Å². The van der Waals surface area contributed by atoms with Crippen LogP contribution in [0, 0.1) is 11.8 Å². The molecule has 6 atom stereocenters. The van der Waals surface area contributed by atoms with E-state index in [-0.39, 0.29) is 31.0 Å². The molecule has 3 aliphatic rings. The average molecular weight is 244 g/mol. The van der Waals surface area contributed by atoms with Crippen LogP contribution in [-0.2, 0) is 23.7 Å². The maximum atomic E-state index is 5.93. The van der Waals surface area contributed by atoms with Crippen molar-refractivity contribution in [1.82, 2.24) is 0 Å². The molecule has 0 saturated carbocycles. The predicted octanol–water partition coefficient (Wildman–Crippen LogP) is 0.770. The van der Waals surface area contributed by atoms with E-state index in [9.17, 15) is 0 Å². The van der Waals surface area contributed by atoms with Crippen LogP contribution >= 0.6 is 0 Å². The van der Waals surface area contributed by atoms with Crippen LogP contribution in [0.5, 0.6) is 0 Å². The summed E-state index contributed by atoms with van der Waals surface area (Å²) in [7, 11) is 3.19. The van der Waals surface area contributed by atoms with Crippen LogP contribution in [0.4, 0.5) is 0 Å². The van der Waals surface area contributed by atoms with Crippen molar-refractivity contribution in [3.63, 3.8) is 0 Å². The highest BCUT2D eigenvalue weighted by atomic mass is 16.9. The van der Waals surface area contributed by atoms with E-state index in [1.54, 1.807) is 14.2 Å². The monoisotopic (exact) mass is 244 g/mol. The number of hydrogen-bond donors (Lipinski definition) is 0. The van der Waals surface area contributed by atoms with Gasteiger partial charge in [0, 0.05) is 14.2 Å². The van der Waals surface area contributed by atoms with Crippen molar-refractivity contribution in [3.8, 4) is 0 Å². The van der Waals surface area contributed by atoms with Crippen LogP contribution in [0.15, 0.2) is 0 Å². The smallest absolute Gasteiger partial charge is 0.308 e. The van der Waals surface area contributed by atoms with Crippen LogP contribution in [0.2, 0.25) is 0 Å². The molecule has 3 saturated heterocycles. The first-order valence-corrected chi connectivity index (χ1v) is 6.17. The van der Waals surface area contributed by atoms with Gasteiger partial charge in [0.15, 0.2) is 0 Å². The summed E-state index contributed by atoms with van der Waals surface area (Å²) < 4.78 is 28.2. The normalized spacial score (nSPS) is 56.5. The van der Waals surface area contributed by atoms with Gasteiger partial charge in [-0.2, -0.15) is 0 Å². The third-order valence-corrected chi connectivity index (χ3v) is 4.41. The molecule has 17 heavy (non-hydrogen) atoms. The third-order valence-electron chi connectivity index (χ3n) is 4.41.